The standard InChI is InChI=1S/C14H13IN2/c15-12-7-3-6-10-11(8-16)13(17-14(10)12)9-4-1-2-5-9/h3,6-7,9,17H,1-2,4-5H2. The van der Waals surface area contributed by atoms with Crippen LogP contribution in [0.2, 0.25) is 0 Å². The molecule has 1 N–H and O–H groups in total. The summed E-state index contributed by atoms with van der Waals surface area (Å²) in [5.74, 6) is 0.563. The van der Waals surface area contributed by atoms with E-state index in [0.29, 0.717) is 5.92 Å². The van der Waals surface area contributed by atoms with Crippen LogP contribution in [0.1, 0.15) is 42.9 Å². The van der Waals surface area contributed by atoms with Crippen LogP contribution in [0, 0.1) is 14.9 Å². The molecule has 0 amide bonds. The lowest BCUT2D eigenvalue weighted by Crippen LogP contribution is -1.95. The van der Waals surface area contributed by atoms with E-state index < -0.39 is 0 Å². The molecule has 2 aromatic rings. The van der Waals surface area contributed by atoms with Crippen LogP contribution in [0.5, 0.6) is 0 Å². The Kier molecular flexibility index (Phi) is 2.83. The van der Waals surface area contributed by atoms with Gasteiger partial charge in [-0.15, -0.1) is 0 Å². The molecule has 3 heteroatoms. The van der Waals surface area contributed by atoms with Crippen molar-refractivity contribution in [2.45, 2.75) is 31.6 Å². The number of aromatic amines is 1. The van der Waals surface area contributed by atoms with E-state index in [1.165, 1.54) is 34.9 Å². The highest BCUT2D eigenvalue weighted by Crippen LogP contribution is 2.38. The molecule has 1 saturated carbocycles. The number of rotatable bonds is 1. The fourth-order valence-electron chi connectivity index (χ4n) is 2.84. The molecule has 1 aromatic heterocycles. The first kappa shape index (κ1) is 11.1. The van der Waals surface area contributed by atoms with Gasteiger partial charge in [-0.25, -0.2) is 0 Å². The first-order valence-electron chi connectivity index (χ1n) is 6.01. The van der Waals surface area contributed by atoms with Crippen LogP contribution in [-0.4, -0.2) is 4.98 Å². The number of nitrogens with one attached hydrogen (secondary N) is 1. The van der Waals surface area contributed by atoms with E-state index in [-0.39, 0.29) is 0 Å². The summed E-state index contributed by atoms with van der Waals surface area (Å²) < 4.78 is 1.20. The maximum Gasteiger partial charge on any atom is 0.102 e. The van der Waals surface area contributed by atoms with Gasteiger partial charge in [0, 0.05) is 20.6 Å². The molecule has 0 radical (unpaired) electrons. The number of hydrogen-bond acceptors (Lipinski definition) is 1. The van der Waals surface area contributed by atoms with Crippen molar-refractivity contribution in [3.05, 3.63) is 33.0 Å². The van der Waals surface area contributed by atoms with E-state index in [4.69, 9.17) is 0 Å². The van der Waals surface area contributed by atoms with E-state index >= 15 is 0 Å². The fraction of sp³-hybridized carbons (Fsp3) is 0.357. The molecule has 0 aliphatic heterocycles. The molecule has 1 heterocycles. The zero-order valence-electron chi connectivity index (χ0n) is 9.46. The minimum atomic E-state index is 0.563. The van der Waals surface area contributed by atoms with Gasteiger partial charge in [-0.2, -0.15) is 5.26 Å². The molecule has 1 aliphatic rings. The Morgan fingerprint density at radius 2 is 2.06 bits per heavy atom. The van der Waals surface area contributed by atoms with Gasteiger partial charge < -0.3 is 4.98 Å². The second-order valence-corrected chi connectivity index (χ2v) is 5.83. The first-order valence-corrected chi connectivity index (χ1v) is 7.09. The van der Waals surface area contributed by atoms with E-state index in [2.05, 4.69) is 39.7 Å². The number of fused-ring (bicyclic) bond motifs is 1. The van der Waals surface area contributed by atoms with Gasteiger partial charge in [0.1, 0.15) is 6.07 Å². The summed E-state index contributed by atoms with van der Waals surface area (Å²) in [6.07, 6.45) is 5.03. The summed E-state index contributed by atoms with van der Waals surface area (Å²) in [7, 11) is 0. The van der Waals surface area contributed by atoms with Crippen LogP contribution in [0.3, 0.4) is 0 Å². The highest BCUT2D eigenvalue weighted by Gasteiger charge is 2.23. The number of hydrogen-bond donors (Lipinski definition) is 1. The second kappa shape index (κ2) is 4.34. The minimum absolute atomic E-state index is 0.563. The van der Waals surface area contributed by atoms with Crippen LogP contribution in [0.25, 0.3) is 10.9 Å². The summed E-state index contributed by atoms with van der Waals surface area (Å²) in [6.45, 7) is 0. The van der Waals surface area contributed by atoms with Crippen LogP contribution < -0.4 is 0 Å². The zero-order chi connectivity index (χ0) is 11.8. The first-order chi connectivity index (χ1) is 8.31. The number of nitriles is 1. The lowest BCUT2D eigenvalue weighted by molar-refractivity contribution is 0.702. The summed E-state index contributed by atoms with van der Waals surface area (Å²) in [5.41, 5.74) is 3.17. The molecule has 1 fully saturated rings. The van der Waals surface area contributed by atoms with Crippen molar-refractivity contribution < 1.29 is 0 Å². The number of aromatic nitrogens is 1. The van der Waals surface area contributed by atoms with Gasteiger partial charge in [-0.3, -0.25) is 0 Å². The van der Waals surface area contributed by atoms with E-state index in [1.807, 2.05) is 12.1 Å². The minimum Gasteiger partial charge on any atom is -0.356 e. The van der Waals surface area contributed by atoms with E-state index in [0.717, 1.165) is 16.5 Å². The van der Waals surface area contributed by atoms with Crippen molar-refractivity contribution in [2.24, 2.45) is 0 Å². The van der Waals surface area contributed by atoms with Gasteiger partial charge in [-0.1, -0.05) is 25.0 Å². The number of benzene rings is 1. The average molecular weight is 336 g/mol. The highest BCUT2D eigenvalue weighted by molar-refractivity contribution is 14.1. The molecule has 2 nitrogen and oxygen atoms in total. The Hall–Kier alpha value is -1.02. The Morgan fingerprint density at radius 3 is 2.76 bits per heavy atom. The van der Waals surface area contributed by atoms with E-state index in [1.54, 1.807) is 0 Å². The third-order valence-electron chi connectivity index (χ3n) is 3.69. The van der Waals surface area contributed by atoms with Gasteiger partial charge in [0.05, 0.1) is 11.1 Å². The third-order valence-corrected chi connectivity index (χ3v) is 4.59. The summed E-state index contributed by atoms with van der Waals surface area (Å²) in [6, 6.07) is 8.54. The maximum absolute atomic E-state index is 9.38. The van der Waals surface area contributed by atoms with Crippen molar-refractivity contribution in [2.75, 3.05) is 0 Å². The molecule has 0 atom stereocenters. The van der Waals surface area contributed by atoms with Crippen LogP contribution in [0.15, 0.2) is 18.2 Å². The summed E-state index contributed by atoms with van der Waals surface area (Å²) >= 11 is 2.33. The predicted molar refractivity (Wildman–Crippen MR) is 76.9 cm³/mol. The molecule has 1 aromatic carbocycles. The van der Waals surface area contributed by atoms with Crippen molar-refractivity contribution in [3.63, 3.8) is 0 Å². The highest BCUT2D eigenvalue weighted by atomic mass is 127. The molecule has 86 valence electrons. The zero-order valence-corrected chi connectivity index (χ0v) is 11.6. The van der Waals surface area contributed by atoms with Gasteiger partial charge >= 0.3 is 0 Å². The van der Waals surface area contributed by atoms with Gasteiger partial charge in [-0.05, 0) is 41.5 Å². The summed E-state index contributed by atoms with van der Waals surface area (Å²) in [5, 5.41) is 10.5. The van der Waals surface area contributed by atoms with Gasteiger partial charge in [0.15, 0.2) is 0 Å². The lowest BCUT2D eigenvalue weighted by atomic mass is 9.99. The Morgan fingerprint density at radius 1 is 1.29 bits per heavy atom. The number of H-pyrrole nitrogens is 1. The Bertz CT molecular complexity index is 600. The van der Waals surface area contributed by atoms with Gasteiger partial charge in [0.25, 0.3) is 0 Å². The molecule has 1 aliphatic carbocycles. The molecule has 0 bridgehead atoms. The third kappa shape index (κ3) is 1.75. The van der Waals surface area contributed by atoms with Crippen molar-refractivity contribution in [1.82, 2.24) is 4.98 Å². The van der Waals surface area contributed by atoms with Crippen LogP contribution in [0.4, 0.5) is 0 Å². The monoisotopic (exact) mass is 336 g/mol. The van der Waals surface area contributed by atoms with Crippen molar-refractivity contribution in [1.29, 1.82) is 5.26 Å². The van der Waals surface area contributed by atoms with Crippen molar-refractivity contribution >= 4 is 33.5 Å². The normalized spacial score (nSPS) is 16.5. The quantitative estimate of drug-likeness (QED) is 0.775. The summed E-state index contributed by atoms with van der Waals surface area (Å²) in [4.78, 5) is 3.50. The SMILES string of the molecule is N#Cc1c(C2CCCC2)[nH]c2c(I)cccc12. The topological polar surface area (TPSA) is 39.6 Å². The molecule has 0 spiro atoms. The molecule has 0 saturated heterocycles. The molecule has 0 unspecified atom stereocenters. The van der Waals surface area contributed by atoms with Crippen LogP contribution in [-0.2, 0) is 0 Å². The fourth-order valence-corrected chi connectivity index (χ4v) is 3.48. The maximum atomic E-state index is 9.38. The molecular formula is C14H13IN2. The Balaban J connectivity index is 2.24. The van der Waals surface area contributed by atoms with Crippen molar-refractivity contribution in [3.8, 4) is 6.07 Å². The lowest BCUT2D eigenvalue weighted by Gasteiger charge is -2.06. The molecular weight excluding hydrogens is 323 g/mol. The average Bonchev–Trinajstić information content (AvgIpc) is 2.95. The number of nitrogens with zero attached hydrogens (tertiary/aromatic N) is 1. The molecule has 17 heavy (non-hydrogen) atoms. The number of para-hydroxylation sites is 1. The Labute approximate surface area is 114 Å². The predicted octanol–water partition coefficient (Wildman–Crippen LogP) is 4.30. The largest absolute Gasteiger partial charge is 0.356 e. The number of halogens is 1. The van der Waals surface area contributed by atoms with Gasteiger partial charge in [0.2, 0.25) is 0 Å². The molecule has 3 rings (SSSR count). The van der Waals surface area contributed by atoms with Crippen LogP contribution >= 0.6 is 22.6 Å². The second-order valence-electron chi connectivity index (χ2n) is 4.67. The van der Waals surface area contributed by atoms with E-state index in [9.17, 15) is 5.26 Å². The smallest absolute Gasteiger partial charge is 0.102 e.